The number of ether oxygens (including phenoxy) is 1. The summed E-state index contributed by atoms with van der Waals surface area (Å²) in [5, 5.41) is 5.65. The summed E-state index contributed by atoms with van der Waals surface area (Å²) in [6.07, 6.45) is 0.698. The normalized spacial score (nSPS) is 22.5. The number of hydrazone groups is 1. The molecule has 1 saturated heterocycles. The van der Waals surface area contributed by atoms with Crippen LogP contribution < -0.4 is 5.01 Å². The van der Waals surface area contributed by atoms with E-state index in [1.807, 2.05) is 37.3 Å². The second-order valence-corrected chi connectivity index (χ2v) is 5.51. The summed E-state index contributed by atoms with van der Waals surface area (Å²) in [5.74, 6) is -0.179. The highest BCUT2D eigenvalue weighted by Crippen LogP contribution is 2.21. The van der Waals surface area contributed by atoms with Crippen LogP contribution in [0.3, 0.4) is 0 Å². The Hall–Kier alpha value is -2.21. The van der Waals surface area contributed by atoms with E-state index in [1.54, 1.807) is 4.90 Å². The maximum atomic E-state index is 12.6. The fourth-order valence-corrected chi connectivity index (χ4v) is 2.67. The number of benzene rings is 1. The lowest BCUT2D eigenvalue weighted by Gasteiger charge is -2.34. The minimum atomic E-state index is -0.0933. The molecule has 6 nitrogen and oxygen atoms in total. The summed E-state index contributed by atoms with van der Waals surface area (Å²) in [4.78, 5) is 26.5. The summed E-state index contributed by atoms with van der Waals surface area (Å²) in [6.45, 7) is 3.61. The Morgan fingerprint density at radius 3 is 2.77 bits per heavy atom. The number of morpholine rings is 1. The molecule has 0 radical (unpaired) electrons. The Labute approximate surface area is 129 Å². The number of hydrogen-bond acceptors (Lipinski definition) is 4. The third-order valence-electron chi connectivity index (χ3n) is 3.91. The number of para-hydroxylation sites is 1. The number of hydrogen-bond donors (Lipinski definition) is 0. The van der Waals surface area contributed by atoms with Crippen LogP contribution in [0.1, 0.15) is 19.8 Å². The van der Waals surface area contributed by atoms with Gasteiger partial charge >= 0.3 is 0 Å². The van der Waals surface area contributed by atoms with Gasteiger partial charge in [0.1, 0.15) is 5.71 Å². The molecular formula is C16H19N3O3. The smallest absolute Gasteiger partial charge is 0.270 e. The highest BCUT2D eigenvalue weighted by Gasteiger charge is 2.31. The first kappa shape index (κ1) is 14.7. The van der Waals surface area contributed by atoms with Gasteiger partial charge in [0.25, 0.3) is 5.91 Å². The molecule has 2 heterocycles. The molecule has 116 valence electrons. The first-order valence-electron chi connectivity index (χ1n) is 7.51. The van der Waals surface area contributed by atoms with Crippen LogP contribution in [0.4, 0.5) is 5.69 Å². The molecule has 0 aromatic heterocycles. The molecule has 0 N–H and O–H groups in total. The van der Waals surface area contributed by atoms with Crippen LogP contribution in [-0.2, 0) is 14.3 Å². The van der Waals surface area contributed by atoms with Gasteiger partial charge in [-0.05, 0) is 19.1 Å². The molecule has 0 unspecified atom stereocenters. The van der Waals surface area contributed by atoms with E-state index in [-0.39, 0.29) is 17.9 Å². The van der Waals surface area contributed by atoms with Gasteiger partial charge in [-0.3, -0.25) is 9.59 Å². The van der Waals surface area contributed by atoms with Crippen LogP contribution >= 0.6 is 0 Å². The van der Waals surface area contributed by atoms with E-state index in [0.29, 0.717) is 44.0 Å². The van der Waals surface area contributed by atoms with Gasteiger partial charge in [0, 0.05) is 19.4 Å². The van der Waals surface area contributed by atoms with E-state index in [9.17, 15) is 9.59 Å². The van der Waals surface area contributed by atoms with Crippen molar-refractivity contribution in [3.63, 3.8) is 0 Å². The lowest BCUT2D eigenvalue weighted by Crippen LogP contribution is -2.51. The molecule has 3 rings (SSSR count). The molecule has 0 aliphatic carbocycles. The van der Waals surface area contributed by atoms with Gasteiger partial charge in [0.15, 0.2) is 0 Å². The zero-order valence-electron chi connectivity index (χ0n) is 12.6. The first-order chi connectivity index (χ1) is 10.7. The van der Waals surface area contributed by atoms with E-state index in [1.165, 1.54) is 5.01 Å². The molecule has 1 aromatic rings. The summed E-state index contributed by atoms with van der Waals surface area (Å²) < 4.78 is 5.36. The highest BCUT2D eigenvalue weighted by molar-refractivity contribution is 6.40. The van der Waals surface area contributed by atoms with Gasteiger partial charge in [-0.1, -0.05) is 18.2 Å². The van der Waals surface area contributed by atoms with Crippen LogP contribution in [0, 0.1) is 0 Å². The SMILES string of the molecule is C[C@H]1COCCN1C(=O)C1=NN(c2ccccc2)C(=O)CC1. The van der Waals surface area contributed by atoms with Crippen molar-refractivity contribution in [2.45, 2.75) is 25.8 Å². The number of anilines is 1. The van der Waals surface area contributed by atoms with Crippen molar-refractivity contribution in [3.8, 4) is 0 Å². The minimum Gasteiger partial charge on any atom is -0.377 e. The molecule has 1 aromatic carbocycles. The summed E-state index contributed by atoms with van der Waals surface area (Å²) >= 11 is 0. The van der Waals surface area contributed by atoms with E-state index >= 15 is 0 Å². The molecular weight excluding hydrogens is 282 g/mol. The van der Waals surface area contributed by atoms with Crippen molar-refractivity contribution in [2.75, 3.05) is 24.8 Å². The second kappa shape index (κ2) is 6.27. The van der Waals surface area contributed by atoms with E-state index in [0.717, 1.165) is 0 Å². The summed E-state index contributed by atoms with van der Waals surface area (Å²) in [7, 11) is 0. The topological polar surface area (TPSA) is 62.2 Å². The lowest BCUT2D eigenvalue weighted by molar-refractivity contribution is -0.131. The average Bonchev–Trinajstić information content (AvgIpc) is 2.56. The van der Waals surface area contributed by atoms with Crippen LogP contribution in [0.25, 0.3) is 0 Å². The Bertz CT molecular complexity index is 600. The number of nitrogens with zero attached hydrogens (tertiary/aromatic N) is 3. The van der Waals surface area contributed by atoms with Crippen LogP contribution in [0.5, 0.6) is 0 Å². The minimum absolute atomic E-state index is 0.0340. The molecule has 0 bridgehead atoms. The summed E-state index contributed by atoms with van der Waals surface area (Å²) in [5.41, 5.74) is 1.13. The lowest BCUT2D eigenvalue weighted by atomic mass is 10.1. The number of rotatable bonds is 2. The van der Waals surface area contributed by atoms with Crippen molar-refractivity contribution >= 4 is 23.2 Å². The third-order valence-corrected chi connectivity index (χ3v) is 3.91. The Morgan fingerprint density at radius 2 is 2.05 bits per heavy atom. The van der Waals surface area contributed by atoms with Crippen molar-refractivity contribution in [3.05, 3.63) is 30.3 Å². The number of amides is 2. The molecule has 6 heteroatoms. The Kier molecular flexibility index (Phi) is 4.20. The third kappa shape index (κ3) is 2.87. The van der Waals surface area contributed by atoms with Gasteiger partial charge in [-0.25, -0.2) is 5.01 Å². The van der Waals surface area contributed by atoms with E-state index in [4.69, 9.17) is 4.74 Å². The Balaban J connectivity index is 1.84. The van der Waals surface area contributed by atoms with Crippen molar-refractivity contribution in [2.24, 2.45) is 5.10 Å². The Morgan fingerprint density at radius 1 is 1.27 bits per heavy atom. The van der Waals surface area contributed by atoms with Crippen LogP contribution in [0.15, 0.2) is 35.4 Å². The predicted octanol–water partition coefficient (Wildman–Crippen LogP) is 1.42. The van der Waals surface area contributed by atoms with Crippen molar-refractivity contribution in [1.29, 1.82) is 0 Å². The van der Waals surface area contributed by atoms with Crippen LogP contribution in [0.2, 0.25) is 0 Å². The molecule has 0 spiro atoms. The first-order valence-corrected chi connectivity index (χ1v) is 7.51. The molecule has 22 heavy (non-hydrogen) atoms. The number of carbonyl (C=O) groups excluding carboxylic acids is 2. The van der Waals surface area contributed by atoms with E-state index < -0.39 is 0 Å². The molecule has 1 fully saturated rings. The largest absolute Gasteiger partial charge is 0.377 e. The monoisotopic (exact) mass is 301 g/mol. The van der Waals surface area contributed by atoms with Gasteiger partial charge in [0.2, 0.25) is 5.91 Å². The predicted molar refractivity (Wildman–Crippen MR) is 82.6 cm³/mol. The zero-order valence-corrected chi connectivity index (χ0v) is 12.6. The zero-order chi connectivity index (χ0) is 15.5. The van der Waals surface area contributed by atoms with Gasteiger partial charge in [-0.15, -0.1) is 0 Å². The van der Waals surface area contributed by atoms with Gasteiger partial charge in [-0.2, -0.15) is 5.10 Å². The fraction of sp³-hybridized carbons (Fsp3) is 0.438. The van der Waals surface area contributed by atoms with Crippen LogP contribution in [-0.4, -0.2) is 48.2 Å². The second-order valence-electron chi connectivity index (χ2n) is 5.51. The quantitative estimate of drug-likeness (QED) is 0.830. The molecule has 2 aliphatic heterocycles. The van der Waals surface area contributed by atoms with Gasteiger partial charge in [0.05, 0.1) is 24.9 Å². The molecule has 2 aliphatic rings. The van der Waals surface area contributed by atoms with E-state index in [2.05, 4.69) is 5.10 Å². The fourth-order valence-electron chi connectivity index (χ4n) is 2.67. The van der Waals surface area contributed by atoms with Gasteiger partial charge < -0.3 is 9.64 Å². The average molecular weight is 301 g/mol. The highest BCUT2D eigenvalue weighted by atomic mass is 16.5. The molecule has 1 atom stereocenters. The maximum Gasteiger partial charge on any atom is 0.270 e. The molecule has 2 amide bonds. The van der Waals surface area contributed by atoms with Crippen molar-refractivity contribution in [1.82, 2.24) is 4.90 Å². The van der Waals surface area contributed by atoms with Crippen molar-refractivity contribution < 1.29 is 14.3 Å². The standard InChI is InChI=1S/C16H19N3O3/c1-12-11-22-10-9-18(12)16(21)14-7-8-15(20)19(17-14)13-5-3-2-4-6-13/h2-6,12H,7-11H2,1H3/t12-/m0/s1. The molecule has 0 saturated carbocycles. The number of carbonyl (C=O) groups is 2. The summed E-state index contributed by atoms with van der Waals surface area (Å²) in [6, 6.07) is 9.23. The maximum absolute atomic E-state index is 12.6.